The zero-order chi connectivity index (χ0) is 21.9. The summed E-state index contributed by atoms with van der Waals surface area (Å²) in [6.45, 7) is 8.43. The quantitative estimate of drug-likeness (QED) is 0.698. The van der Waals surface area contributed by atoms with Crippen LogP contribution in [0.25, 0.3) is 0 Å². The smallest absolute Gasteiger partial charge is 0.251 e. The SMILES string of the molecule is CCC1=NN(Cc2ccccc2C)C(=O)[C@H]1CCNS(=O)(=O)c1ccc(C)c(C)c1. The van der Waals surface area contributed by atoms with E-state index in [1.54, 1.807) is 18.2 Å². The van der Waals surface area contributed by atoms with Crippen LogP contribution in [-0.4, -0.2) is 31.6 Å². The molecule has 0 aliphatic carbocycles. The molecular formula is C23H29N3O3S. The maximum absolute atomic E-state index is 12.9. The molecule has 3 rings (SSSR count). The Morgan fingerprint density at radius 3 is 2.43 bits per heavy atom. The highest BCUT2D eigenvalue weighted by Gasteiger charge is 2.34. The lowest BCUT2D eigenvalue weighted by Gasteiger charge is -2.16. The Morgan fingerprint density at radius 2 is 1.77 bits per heavy atom. The maximum Gasteiger partial charge on any atom is 0.251 e. The van der Waals surface area contributed by atoms with Crippen LogP contribution in [0.15, 0.2) is 52.5 Å². The summed E-state index contributed by atoms with van der Waals surface area (Å²) < 4.78 is 27.9. The molecule has 1 N–H and O–H groups in total. The molecule has 0 unspecified atom stereocenters. The minimum atomic E-state index is -3.62. The first-order chi connectivity index (χ1) is 14.2. The average molecular weight is 428 g/mol. The van der Waals surface area contributed by atoms with E-state index in [1.165, 1.54) is 5.01 Å². The van der Waals surface area contributed by atoms with Gasteiger partial charge in [-0.2, -0.15) is 5.10 Å². The number of benzene rings is 2. The fourth-order valence-electron chi connectivity index (χ4n) is 3.57. The lowest BCUT2D eigenvalue weighted by Crippen LogP contribution is -2.32. The molecule has 1 atom stereocenters. The van der Waals surface area contributed by atoms with Gasteiger partial charge in [0.05, 0.1) is 23.1 Å². The maximum atomic E-state index is 12.9. The highest BCUT2D eigenvalue weighted by molar-refractivity contribution is 7.89. The lowest BCUT2D eigenvalue weighted by atomic mass is 9.97. The van der Waals surface area contributed by atoms with Crippen molar-refractivity contribution in [2.24, 2.45) is 11.0 Å². The number of nitrogens with zero attached hydrogens (tertiary/aromatic N) is 2. The fraction of sp³-hybridized carbons (Fsp3) is 0.391. The highest BCUT2D eigenvalue weighted by atomic mass is 32.2. The van der Waals surface area contributed by atoms with Gasteiger partial charge in [0, 0.05) is 6.54 Å². The topological polar surface area (TPSA) is 78.8 Å². The normalized spacial score (nSPS) is 16.8. The van der Waals surface area contributed by atoms with E-state index in [0.29, 0.717) is 19.4 Å². The molecule has 30 heavy (non-hydrogen) atoms. The van der Waals surface area contributed by atoms with Crippen LogP contribution in [0.3, 0.4) is 0 Å². The Labute approximate surface area is 179 Å². The van der Waals surface area contributed by atoms with Crippen molar-refractivity contribution in [1.29, 1.82) is 0 Å². The minimum Gasteiger partial charge on any atom is -0.272 e. The largest absolute Gasteiger partial charge is 0.272 e. The summed E-state index contributed by atoms with van der Waals surface area (Å²) in [5.41, 5.74) is 4.95. The molecular weight excluding hydrogens is 398 g/mol. The summed E-state index contributed by atoms with van der Waals surface area (Å²) in [6, 6.07) is 13.0. The van der Waals surface area contributed by atoms with Crippen LogP contribution in [0.5, 0.6) is 0 Å². The van der Waals surface area contributed by atoms with Crippen LogP contribution < -0.4 is 4.72 Å². The number of sulfonamides is 1. The number of hydrazone groups is 1. The van der Waals surface area contributed by atoms with Crippen molar-refractivity contribution < 1.29 is 13.2 Å². The molecule has 0 bridgehead atoms. The van der Waals surface area contributed by atoms with E-state index in [0.717, 1.165) is 28.0 Å². The molecule has 2 aromatic carbocycles. The molecule has 0 saturated heterocycles. The predicted molar refractivity (Wildman–Crippen MR) is 119 cm³/mol. The van der Waals surface area contributed by atoms with E-state index >= 15 is 0 Å². The number of carbonyl (C=O) groups excluding carboxylic acids is 1. The molecule has 160 valence electrons. The van der Waals surface area contributed by atoms with E-state index in [2.05, 4.69) is 9.82 Å². The molecule has 7 heteroatoms. The van der Waals surface area contributed by atoms with Crippen molar-refractivity contribution in [2.75, 3.05) is 6.54 Å². The van der Waals surface area contributed by atoms with Crippen molar-refractivity contribution in [2.45, 2.75) is 52.0 Å². The number of hydrogen-bond donors (Lipinski definition) is 1. The molecule has 1 amide bonds. The van der Waals surface area contributed by atoms with Crippen molar-refractivity contribution in [3.05, 3.63) is 64.7 Å². The Bertz CT molecular complexity index is 1080. The van der Waals surface area contributed by atoms with Gasteiger partial charge in [-0.25, -0.2) is 18.1 Å². The zero-order valence-corrected chi connectivity index (χ0v) is 18.8. The van der Waals surface area contributed by atoms with Crippen LogP contribution in [-0.2, 0) is 21.4 Å². The van der Waals surface area contributed by atoms with E-state index in [9.17, 15) is 13.2 Å². The Morgan fingerprint density at radius 1 is 1.03 bits per heavy atom. The van der Waals surface area contributed by atoms with Crippen LogP contribution in [0.1, 0.15) is 42.0 Å². The molecule has 1 heterocycles. The number of carbonyl (C=O) groups is 1. The second kappa shape index (κ2) is 9.10. The van der Waals surface area contributed by atoms with Gasteiger partial charge in [0.1, 0.15) is 0 Å². The first-order valence-electron chi connectivity index (χ1n) is 10.2. The van der Waals surface area contributed by atoms with Crippen molar-refractivity contribution in [3.63, 3.8) is 0 Å². The van der Waals surface area contributed by atoms with Gasteiger partial charge >= 0.3 is 0 Å². The van der Waals surface area contributed by atoms with Crippen molar-refractivity contribution in [1.82, 2.24) is 9.73 Å². The Hall–Kier alpha value is -2.51. The van der Waals surface area contributed by atoms with Gasteiger partial charge in [0.15, 0.2) is 0 Å². The first kappa shape index (κ1) is 22.2. The molecule has 0 fully saturated rings. The number of hydrogen-bond acceptors (Lipinski definition) is 4. The van der Waals surface area contributed by atoms with Crippen LogP contribution in [0, 0.1) is 26.7 Å². The second-order valence-electron chi connectivity index (χ2n) is 7.75. The van der Waals surface area contributed by atoms with Gasteiger partial charge in [-0.3, -0.25) is 4.79 Å². The fourth-order valence-corrected chi connectivity index (χ4v) is 4.70. The lowest BCUT2D eigenvalue weighted by molar-refractivity contribution is -0.132. The molecule has 0 saturated carbocycles. The van der Waals surface area contributed by atoms with E-state index in [1.807, 2.05) is 52.0 Å². The third kappa shape index (κ3) is 4.79. The first-order valence-corrected chi connectivity index (χ1v) is 11.7. The Balaban J connectivity index is 1.65. The van der Waals surface area contributed by atoms with Gasteiger partial charge in [-0.05, 0) is 68.0 Å². The summed E-state index contributed by atoms with van der Waals surface area (Å²) in [6.07, 6.45) is 1.05. The van der Waals surface area contributed by atoms with Gasteiger partial charge in [0.2, 0.25) is 10.0 Å². The number of rotatable bonds is 8. The third-order valence-electron chi connectivity index (χ3n) is 5.66. The van der Waals surface area contributed by atoms with Crippen molar-refractivity contribution in [3.8, 4) is 0 Å². The summed E-state index contributed by atoms with van der Waals surface area (Å²) in [5.74, 6) is -0.457. The molecule has 0 aromatic heterocycles. The third-order valence-corrected chi connectivity index (χ3v) is 7.12. The molecule has 1 aliphatic rings. The van der Waals surface area contributed by atoms with Gasteiger partial charge in [-0.1, -0.05) is 37.3 Å². The Kier molecular flexibility index (Phi) is 6.73. The van der Waals surface area contributed by atoms with Crippen LogP contribution in [0.4, 0.5) is 0 Å². The van der Waals surface area contributed by atoms with Gasteiger partial charge in [-0.15, -0.1) is 0 Å². The van der Waals surface area contributed by atoms with Gasteiger partial charge < -0.3 is 0 Å². The monoisotopic (exact) mass is 427 g/mol. The average Bonchev–Trinajstić information content (AvgIpc) is 3.00. The number of amides is 1. The number of aryl methyl sites for hydroxylation is 3. The molecule has 0 spiro atoms. The van der Waals surface area contributed by atoms with Crippen LogP contribution >= 0.6 is 0 Å². The summed E-state index contributed by atoms with van der Waals surface area (Å²) >= 11 is 0. The predicted octanol–water partition coefficient (Wildman–Crippen LogP) is 3.70. The molecule has 6 nitrogen and oxygen atoms in total. The van der Waals surface area contributed by atoms with Crippen molar-refractivity contribution >= 4 is 21.6 Å². The summed E-state index contributed by atoms with van der Waals surface area (Å²) in [5, 5.41) is 6.04. The summed E-state index contributed by atoms with van der Waals surface area (Å²) in [4.78, 5) is 13.2. The molecule has 2 aromatic rings. The summed E-state index contributed by atoms with van der Waals surface area (Å²) in [7, 11) is -3.62. The van der Waals surface area contributed by atoms with E-state index < -0.39 is 10.0 Å². The second-order valence-corrected chi connectivity index (χ2v) is 9.52. The van der Waals surface area contributed by atoms with Crippen LogP contribution in [0.2, 0.25) is 0 Å². The zero-order valence-electron chi connectivity index (χ0n) is 18.0. The van der Waals surface area contributed by atoms with E-state index in [4.69, 9.17) is 0 Å². The highest BCUT2D eigenvalue weighted by Crippen LogP contribution is 2.24. The standard InChI is InChI=1S/C23H29N3O3S/c1-5-22-21(23(27)26(25-22)15-19-9-7-6-8-17(19)3)12-13-24-30(28,29)20-11-10-16(2)18(4)14-20/h6-11,14,21,24H,5,12-13,15H2,1-4H3/t21-/m0/s1. The minimum absolute atomic E-state index is 0.0690. The molecule has 0 radical (unpaired) electrons. The van der Waals surface area contributed by atoms with E-state index in [-0.39, 0.29) is 23.3 Å². The van der Waals surface area contributed by atoms with Gasteiger partial charge in [0.25, 0.3) is 5.91 Å². The molecule has 1 aliphatic heterocycles. The number of nitrogens with one attached hydrogen (secondary N) is 1.